The van der Waals surface area contributed by atoms with E-state index in [0.29, 0.717) is 0 Å². The highest BCUT2D eigenvalue weighted by atomic mass is 16.5. The molecule has 2 heteroatoms. The molecule has 0 aromatic heterocycles. The summed E-state index contributed by atoms with van der Waals surface area (Å²) in [5.74, 6) is 1.85. The van der Waals surface area contributed by atoms with Crippen LogP contribution in [0.3, 0.4) is 0 Å². The Bertz CT molecular complexity index is 394. The van der Waals surface area contributed by atoms with Gasteiger partial charge in [0.05, 0.1) is 6.10 Å². The van der Waals surface area contributed by atoms with Gasteiger partial charge < -0.3 is 10.1 Å². The van der Waals surface area contributed by atoms with Crippen molar-refractivity contribution in [2.24, 2.45) is 5.92 Å². The molecule has 1 saturated carbocycles. The van der Waals surface area contributed by atoms with Crippen molar-refractivity contribution in [3.63, 3.8) is 0 Å². The average molecular weight is 247 g/mol. The van der Waals surface area contributed by atoms with Crippen molar-refractivity contribution in [3.05, 3.63) is 29.8 Å². The molecule has 0 radical (unpaired) electrons. The summed E-state index contributed by atoms with van der Waals surface area (Å²) in [6.45, 7) is 9.62. The van der Waals surface area contributed by atoms with Crippen LogP contribution in [0.5, 0.6) is 5.75 Å². The standard InChI is InChI=1S/C16H25NO/c1-12(2)18-15-8-6-5-7-13(15)11-17-16(3,4)14-9-10-14/h5-8,12,14,17H,9-11H2,1-4H3. The van der Waals surface area contributed by atoms with E-state index in [4.69, 9.17) is 4.74 Å². The highest BCUT2D eigenvalue weighted by Crippen LogP contribution is 2.39. The summed E-state index contributed by atoms with van der Waals surface area (Å²) in [6.07, 6.45) is 2.96. The fraction of sp³-hybridized carbons (Fsp3) is 0.625. The Morgan fingerprint density at radius 2 is 1.94 bits per heavy atom. The minimum atomic E-state index is 0.225. The molecule has 1 aromatic rings. The molecule has 0 spiro atoms. The van der Waals surface area contributed by atoms with Gasteiger partial charge in [-0.3, -0.25) is 0 Å². The van der Waals surface area contributed by atoms with Crippen LogP contribution in [-0.2, 0) is 6.54 Å². The number of nitrogens with one attached hydrogen (secondary N) is 1. The number of benzene rings is 1. The molecule has 100 valence electrons. The Balaban J connectivity index is 1.99. The SMILES string of the molecule is CC(C)Oc1ccccc1CNC(C)(C)C1CC1. The zero-order valence-electron chi connectivity index (χ0n) is 12.0. The van der Waals surface area contributed by atoms with E-state index < -0.39 is 0 Å². The summed E-state index contributed by atoms with van der Waals surface area (Å²) in [5.41, 5.74) is 1.49. The van der Waals surface area contributed by atoms with Gasteiger partial charge in [0, 0.05) is 17.6 Å². The van der Waals surface area contributed by atoms with E-state index in [9.17, 15) is 0 Å². The molecule has 2 nitrogen and oxygen atoms in total. The third kappa shape index (κ3) is 3.49. The van der Waals surface area contributed by atoms with Gasteiger partial charge in [0.2, 0.25) is 0 Å². The normalized spacial score (nSPS) is 16.1. The largest absolute Gasteiger partial charge is 0.491 e. The predicted octanol–water partition coefficient (Wildman–Crippen LogP) is 3.75. The van der Waals surface area contributed by atoms with Crippen LogP contribution in [0.4, 0.5) is 0 Å². The number of para-hydroxylation sites is 1. The van der Waals surface area contributed by atoms with E-state index in [1.807, 2.05) is 6.07 Å². The van der Waals surface area contributed by atoms with E-state index in [0.717, 1.165) is 18.2 Å². The summed E-state index contributed by atoms with van der Waals surface area (Å²) in [7, 11) is 0. The van der Waals surface area contributed by atoms with Crippen molar-refractivity contribution < 1.29 is 4.74 Å². The second kappa shape index (κ2) is 5.31. The highest BCUT2D eigenvalue weighted by Gasteiger charge is 2.37. The summed E-state index contributed by atoms with van der Waals surface area (Å²) < 4.78 is 5.85. The van der Waals surface area contributed by atoms with Gasteiger partial charge in [0.1, 0.15) is 5.75 Å². The maximum atomic E-state index is 5.85. The summed E-state index contributed by atoms with van der Waals surface area (Å²) in [6, 6.07) is 8.32. The summed E-state index contributed by atoms with van der Waals surface area (Å²) in [5, 5.41) is 3.67. The molecule has 0 heterocycles. The van der Waals surface area contributed by atoms with Crippen LogP contribution >= 0.6 is 0 Å². The number of ether oxygens (including phenoxy) is 1. The van der Waals surface area contributed by atoms with Crippen LogP contribution in [0.1, 0.15) is 46.1 Å². The molecular formula is C16H25NO. The second-order valence-electron chi connectivity index (χ2n) is 6.12. The molecule has 0 unspecified atom stereocenters. The molecule has 1 fully saturated rings. The average Bonchev–Trinajstić information content (AvgIpc) is 3.11. The van der Waals surface area contributed by atoms with Gasteiger partial charge in [0.25, 0.3) is 0 Å². The predicted molar refractivity (Wildman–Crippen MR) is 75.8 cm³/mol. The Kier molecular flexibility index (Phi) is 3.96. The zero-order chi connectivity index (χ0) is 13.2. The fourth-order valence-electron chi connectivity index (χ4n) is 2.29. The van der Waals surface area contributed by atoms with Gasteiger partial charge in [-0.05, 0) is 52.5 Å². The molecule has 0 atom stereocenters. The topological polar surface area (TPSA) is 21.3 Å². The third-order valence-electron chi connectivity index (χ3n) is 3.67. The minimum absolute atomic E-state index is 0.225. The lowest BCUT2D eigenvalue weighted by Crippen LogP contribution is -2.40. The van der Waals surface area contributed by atoms with Gasteiger partial charge in [0.15, 0.2) is 0 Å². The van der Waals surface area contributed by atoms with Crippen LogP contribution in [0.2, 0.25) is 0 Å². The van der Waals surface area contributed by atoms with Gasteiger partial charge in [-0.15, -0.1) is 0 Å². The number of hydrogen-bond donors (Lipinski definition) is 1. The lowest BCUT2D eigenvalue weighted by atomic mass is 9.98. The van der Waals surface area contributed by atoms with Crippen LogP contribution in [-0.4, -0.2) is 11.6 Å². The van der Waals surface area contributed by atoms with Gasteiger partial charge in [-0.2, -0.15) is 0 Å². The number of hydrogen-bond acceptors (Lipinski definition) is 2. The quantitative estimate of drug-likeness (QED) is 0.826. The first kappa shape index (κ1) is 13.4. The van der Waals surface area contributed by atoms with E-state index in [1.54, 1.807) is 0 Å². The first-order valence-electron chi connectivity index (χ1n) is 6.98. The van der Waals surface area contributed by atoms with Crippen molar-refractivity contribution in [1.29, 1.82) is 0 Å². The van der Waals surface area contributed by atoms with E-state index in [2.05, 4.69) is 51.2 Å². The Morgan fingerprint density at radius 1 is 1.28 bits per heavy atom. The molecule has 0 amide bonds. The Labute approximate surface area is 111 Å². The van der Waals surface area contributed by atoms with Gasteiger partial charge >= 0.3 is 0 Å². The van der Waals surface area contributed by atoms with Crippen LogP contribution in [0.15, 0.2) is 24.3 Å². The van der Waals surface area contributed by atoms with Crippen molar-refractivity contribution >= 4 is 0 Å². The van der Waals surface area contributed by atoms with Crippen molar-refractivity contribution in [3.8, 4) is 5.75 Å². The zero-order valence-corrected chi connectivity index (χ0v) is 12.0. The van der Waals surface area contributed by atoms with Crippen LogP contribution in [0, 0.1) is 5.92 Å². The molecule has 0 aliphatic heterocycles. The van der Waals surface area contributed by atoms with Gasteiger partial charge in [-0.25, -0.2) is 0 Å². The lowest BCUT2D eigenvalue weighted by Gasteiger charge is -2.27. The highest BCUT2D eigenvalue weighted by molar-refractivity contribution is 5.33. The van der Waals surface area contributed by atoms with E-state index >= 15 is 0 Å². The molecule has 1 N–H and O–H groups in total. The smallest absolute Gasteiger partial charge is 0.124 e. The minimum Gasteiger partial charge on any atom is -0.491 e. The monoisotopic (exact) mass is 247 g/mol. The first-order valence-corrected chi connectivity index (χ1v) is 6.98. The van der Waals surface area contributed by atoms with Gasteiger partial charge in [-0.1, -0.05) is 18.2 Å². The molecule has 1 aliphatic carbocycles. The maximum absolute atomic E-state index is 5.85. The van der Waals surface area contributed by atoms with E-state index in [-0.39, 0.29) is 11.6 Å². The molecule has 1 aliphatic rings. The van der Waals surface area contributed by atoms with Crippen LogP contribution < -0.4 is 10.1 Å². The molecule has 0 saturated heterocycles. The maximum Gasteiger partial charge on any atom is 0.124 e. The Morgan fingerprint density at radius 3 is 2.56 bits per heavy atom. The first-order chi connectivity index (χ1) is 8.49. The second-order valence-corrected chi connectivity index (χ2v) is 6.12. The van der Waals surface area contributed by atoms with Crippen molar-refractivity contribution in [1.82, 2.24) is 5.32 Å². The van der Waals surface area contributed by atoms with Crippen molar-refractivity contribution in [2.75, 3.05) is 0 Å². The molecule has 18 heavy (non-hydrogen) atoms. The molecule has 2 rings (SSSR count). The third-order valence-corrected chi connectivity index (χ3v) is 3.67. The van der Waals surface area contributed by atoms with E-state index in [1.165, 1.54) is 18.4 Å². The summed E-state index contributed by atoms with van der Waals surface area (Å²) >= 11 is 0. The fourth-order valence-corrected chi connectivity index (χ4v) is 2.29. The molecular weight excluding hydrogens is 222 g/mol. The van der Waals surface area contributed by atoms with Crippen LogP contribution in [0.25, 0.3) is 0 Å². The number of rotatable bonds is 6. The summed E-state index contributed by atoms with van der Waals surface area (Å²) in [4.78, 5) is 0. The van der Waals surface area contributed by atoms with Crippen molar-refractivity contribution in [2.45, 2.75) is 58.7 Å². The Hall–Kier alpha value is -1.02. The lowest BCUT2D eigenvalue weighted by molar-refractivity contribution is 0.238. The molecule has 1 aromatic carbocycles. The molecule has 0 bridgehead atoms.